The minimum atomic E-state index is -1.07. The van der Waals surface area contributed by atoms with Gasteiger partial charge in [-0.1, -0.05) is 133 Å². The van der Waals surface area contributed by atoms with Crippen LogP contribution in [0.1, 0.15) is 50.5 Å². The number of halogens is 2. The molecule has 7 heteroatoms. The van der Waals surface area contributed by atoms with Gasteiger partial charge >= 0.3 is 6.09 Å². The van der Waals surface area contributed by atoms with E-state index in [1.54, 1.807) is 23.9 Å². The second kappa shape index (κ2) is 14.2. The van der Waals surface area contributed by atoms with Crippen molar-refractivity contribution in [2.45, 2.75) is 23.3 Å². The largest absolute Gasteiger partial charge is 0.449 e. The molecule has 1 N–H and O–H groups in total. The molecule has 1 aliphatic carbocycles. The SMILES string of the molecule is CSCC[C@H](NC(=O)OCC1c2ccccc2-c2ccccc21)C(=O)c1ccc(C(Cl)(c2ccccc2)c2ccccc2)c(Cl)c1. The van der Waals surface area contributed by atoms with Gasteiger partial charge in [-0.2, -0.15) is 11.8 Å². The van der Waals surface area contributed by atoms with Crippen molar-refractivity contribution >= 4 is 46.8 Å². The Hall–Kier alpha value is -4.03. The molecule has 0 saturated heterocycles. The molecule has 0 heterocycles. The molecule has 0 bridgehead atoms. The quantitative estimate of drug-likeness (QED) is 0.0867. The van der Waals surface area contributed by atoms with Crippen molar-refractivity contribution in [3.05, 3.63) is 166 Å². The number of amides is 1. The molecule has 0 aliphatic heterocycles. The number of Topliss-reactive ketones (excluding diaryl/α,β-unsaturated/α-hetero) is 1. The molecule has 1 aliphatic rings. The van der Waals surface area contributed by atoms with Crippen LogP contribution >= 0.6 is 35.0 Å². The van der Waals surface area contributed by atoms with E-state index < -0.39 is 17.0 Å². The number of rotatable bonds is 11. The second-order valence-corrected chi connectivity index (χ2v) is 13.2. The van der Waals surface area contributed by atoms with E-state index in [1.807, 2.05) is 97.3 Å². The molecule has 0 saturated carbocycles. The molecule has 4 nitrogen and oxygen atoms in total. The van der Waals surface area contributed by atoms with E-state index in [4.69, 9.17) is 27.9 Å². The van der Waals surface area contributed by atoms with Crippen LogP contribution in [0.15, 0.2) is 127 Å². The molecule has 0 spiro atoms. The summed E-state index contributed by atoms with van der Waals surface area (Å²) in [4.78, 5) is 25.9. The van der Waals surface area contributed by atoms with Crippen molar-refractivity contribution in [3.63, 3.8) is 0 Å². The number of ether oxygens (including phenoxy) is 1. The first-order chi connectivity index (χ1) is 22.4. The summed E-state index contributed by atoms with van der Waals surface area (Å²) in [5.41, 5.74) is 7.33. The highest BCUT2D eigenvalue weighted by Gasteiger charge is 2.36. The predicted octanol–water partition coefficient (Wildman–Crippen LogP) is 9.71. The molecule has 0 radical (unpaired) electrons. The van der Waals surface area contributed by atoms with Crippen LogP contribution in [0.25, 0.3) is 11.1 Å². The first-order valence-corrected chi connectivity index (χ1v) is 17.3. The number of thioether (sulfide) groups is 1. The maximum atomic E-state index is 13.9. The minimum Gasteiger partial charge on any atom is -0.449 e. The Bertz CT molecular complexity index is 1760. The van der Waals surface area contributed by atoms with Crippen LogP contribution in [0, 0.1) is 0 Å². The molecule has 5 aromatic carbocycles. The summed E-state index contributed by atoms with van der Waals surface area (Å²) in [7, 11) is 0. The Labute approximate surface area is 284 Å². The zero-order chi connectivity index (χ0) is 32.1. The maximum absolute atomic E-state index is 13.9. The molecule has 6 rings (SSSR count). The second-order valence-electron chi connectivity index (χ2n) is 11.3. The van der Waals surface area contributed by atoms with Crippen molar-refractivity contribution in [3.8, 4) is 11.1 Å². The minimum absolute atomic E-state index is 0.0742. The fraction of sp³-hybridized carbons (Fsp3) is 0.179. The average molecular weight is 667 g/mol. The van der Waals surface area contributed by atoms with Crippen molar-refractivity contribution in [1.82, 2.24) is 5.32 Å². The van der Waals surface area contributed by atoms with E-state index in [0.29, 0.717) is 28.3 Å². The first-order valence-electron chi connectivity index (χ1n) is 15.2. The highest BCUT2D eigenvalue weighted by molar-refractivity contribution is 7.98. The summed E-state index contributed by atoms with van der Waals surface area (Å²) in [6, 6.07) is 40.3. The topological polar surface area (TPSA) is 55.4 Å². The van der Waals surface area contributed by atoms with Gasteiger partial charge in [-0.05, 0) is 57.9 Å². The zero-order valence-electron chi connectivity index (χ0n) is 25.3. The number of benzene rings is 5. The van der Waals surface area contributed by atoms with E-state index in [2.05, 4.69) is 29.6 Å². The number of carbonyl (C=O) groups excluding carboxylic acids is 2. The number of ketones is 1. The number of hydrogen-bond donors (Lipinski definition) is 1. The zero-order valence-corrected chi connectivity index (χ0v) is 27.6. The third-order valence-corrected chi connectivity index (χ3v) is 10.1. The van der Waals surface area contributed by atoms with Gasteiger partial charge in [0.2, 0.25) is 0 Å². The number of fused-ring (bicyclic) bond motifs is 3. The monoisotopic (exact) mass is 665 g/mol. The molecule has 1 atom stereocenters. The number of nitrogens with one attached hydrogen (secondary N) is 1. The van der Waals surface area contributed by atoms with Crippen LogP contribution in [0.3, 0.4) is 0 Å². The van der Waals surface area contributed by atoms with Gasteiger partial charge in [0.25, 0.3) is 0 Å². The van der Waals surface area contributed by atoms with Gasteiger partial charge in [0.15, 0.2) is 5.78 Å². The van der Waals surface area contributed by atoms with Crippen LogP contribution in [-0.2, 0) is 9.61 Å². The van der Waals surface area contributed by atoms with Crippen LogP contribution < -0.4 is 5.32 Å². The van der Waals surface area contributed by atoms with Gasteiger partial charge in [-0.3, -0.25) is 4.79 Å². The Morgan fingerprint density at radius 1 is 0.804 bits per heavy atom. The Morgan fingerprint density at radius 3 is 1.89 bits per heavy atom. The Morgan fingerprint density at radius 2 is 1.35 bits per heavy atom. The van der Waals surface area contributed by atoms with Crippen molar-refractivity contribution in [1.29, 1.82) is 0 Å². The molecule has 0 fully saturated rings. The molecule has 0 unspecified atom stereocenters. The number of alkyl halides is 1. The Balaban J connectivity index is 1.21. The molecule has 232 valence electrons. The highest BCUT2D eigenvalue weighted by Crippen LogP contribution is 2.46. The van der Waals surface area contributed by atoms with Crippen LogP contribution in [0.4, 0.5) is 4.79 Å². The molecular formula is C39H33Cl2NO3S. The lowest BCUT2D eigenvalue weighted by Crippen LogP contribution is -2.42. The standard InChI is InChI=1S/C39H33Cl2NO3S/c1-46-23-22-36(42-38(44)45-25-33-31-18-10-8-16-29(31)30-17-9-11-19-32(30)33)37(43)26-20-21-34(35(40)24-26)39(41,27-12-4-2-5-13-27)28-14-6-3-7-15-28/h2-21,24,33,36H,22-23,25H2,1H3,(H,42,44)/t36-/m0/s1. The normalized spacial score (nSPS) is 13.0. The molecule has 5 aromatic rings. The van der Waals surface area contributed by atoms with Gasteiger partial charge < -0.3 is 10.1 Å². The van der Waals surface area contributed by atoms with E-state index in [1.165, 1.54) is 0 Å². The summed E-state index contributed by atoms with van der Waals surface area (Å²) >= 11 is 16.0. The van der Waals surface area contributed by atoms with Crippen molar-refractivity contribution in [2.24, 2.45) is 0 Å². The third-order valence-electron chi connectivity index (χ3n) is 8.53. The molecular weight excluding hydrogens is 633 g/mol. The van der Waals surface area contributed by atoms with E-state index in [-0.39, 0.29) is 18.3 Å². The smallest absolute Gasteiger partial charge is 0.407 e. The summed E-state index contributed by atoms with van der Waals surface area (Å²) in [6.45, 7) is 0.167. The summed E-state index contributed by atoms with van der Waals surface area (Å²) in [5, 5.41) is 3.20. The fourth-order valence-electron chi connectivity index (χ4n) is 6.25. The van der Waals surface area contributed by atoms with Crippen LogP contribution in [0.5, 0.6) is 0 Å². The number of alkyl carbamates (subject to hydrolysis) is 1. The summed E-state index contributed by atoms with van der Waals surface area (Å²) < 4.78 is 5.77. The van der Waals surface area contributed by atoms with Gasteiger partial charge in [0, 0.05) is 22.1 Å². The molecule has 46 heavy (non-hydrogen) atoms. The van der Waals surface area contributed by atoms with Crippen LogP contribution in [-0.4, -0.2) is 36.5 Å². The van der Waals surface area contributed by atoms with Gasteiger partial charge in [-0.25, -0.2) is 4.79 Å². The summed E-state index contributed by atoms with van der Waals surface area (Å²) in [6.07, 6.45) is 1.78. The van der Waals surface area contributed by atoms with E-state index in [9.17, 15) is 9.59 Å². The third kappa shape index (κ3) is 6.32. The molecule has 1 amide bonds. The fourth-order valence-corrected chi connectivity index (χ4v) is 7.51. The highest BCUT2D eigenvalue weighted by atomic mass is 35.5. The van der Waals surface area contributed by atoms with Gasteiger partial charge in [-0.15, -0.1) is 11.6 Å². The lowest BCUT2D eigenvalue weighted by atomic mass is 9.83. The lowest BCUT2D eigenvalue weighted by molar-refractivity contribution is 0.0917. The summed E-state index contributed by atoms with van der Waals surface area (Å²) in [5.74, 6) is 0.365. The van der Waals surface area contributed by atoms with Crippen molar-refractivity contribution < 1.29 is 14.3 Å². The van der Waals surface area contributed by atoms with Crippen molar-refractivity contribution in [2.75, 3.05) is 18.6 Å². The predicted molar refractivity (Wildman–Crippen MR) is 189 cm³/mol. The number of hydrogen-bond acceptors (Lipinski definition) is 4. The molecule has 0 aromatic heterocycles. The average Bonchev–Trinajstić information content (AvgIpc) is 3.42. The first kappa shape index (κ1) is 31.9. The van der Waals surface area contributed by atoms with Crippen LogP contribution in [0.2, 0.25) is 5.02 Å². The number of carbonyl (C=O) groups is 2. The Kier molecular flexibility index (Phi) is 9.83. The lowest BCUT2D eigenvalue weighted by Gasteiger charge is -2.30. The van der Waals surface area contributed by atoms with E-state index >= 15 is 0 Å². The van der Waals surface area contributed by atoms with E-state index in [0.717, 1.165) is 33.4 Å². The maximum Gasteiger partial charge on any atom is 0.407 e. The van der Waals surface area contributed by atoms with Gasteiger partial charge in [0.1, 0.15) is 11.5 Å². The van der Waals surface area contributed by atoms with Gasteiger partial charge in [0.05, 0.1) is 6.04 Å².